The first-order valence-electron chi connectivity index (χ1n) is 4.56. The largest absolute Gasteiger partial charge is 0.396 e. The lowest BCUT2D eigenvalue weighted by Gasteiger charge is -2.15. The molecule has 0 aliphatic carbocycles. The molecule has 0 saturated heterocycles. The maximum absolute atomic E-state index is 13.6. The van der Waals surface area contributed by atoms with Gasteiger partial charge in [0.05, 0.1) is 11.7 Å². The lowest BCUT2D eigenvalue weighted by molar-refractivity contribution is -0.0256. The van der Waals surface area contributed by atoms with E-state index in [9.17, 15) is 8.78 Å². The summed E-state index contributed by atoms with van der Waals surface area (Å²) in [5, 5.41) is 15.5. The van der Waals surface area contributed by atoms with Gasteiger partial charge in [0, 0.05) is 24.0 Å². The van der Waals surface area contributed by atoms with Crippen molar-refractivity contribution >= 4 is 10.9 Å². The van der Waals surface area contributed by atoms with Crippen LogP contribution in [-0.2, 0) is 5.92 Å². The highest BCUT2D eigenvalue weighted by molar-refractivity contribution is 5.81. The van der Waals surface area contributed by atoms with Gasteiger partial charge in [0.15, 0.2) is 0 Å². The third-order valence-corrected chi connectivity index (χ3v) is 2.30. The number of para-hydroxylation sites is 1. The molecule has 5 heteroatoms. The molecule has 2 aromatic rings. The van der Waals surface area contributed by atoms with E-state index < -0.39 is 19.0 Å². The van der Waals surface area contributed by atoms with Gasteiger partial charge in [0.25, 0.3) is 5.92 Å². The Hall–Kier alpha value is -1.49. The van der Waals surface area contributed by atoms with Crippen LogP contribution in [0.1, 0.15) is 12.0 Å². The van der Waals surface area contributed by atoms with E-state index in [0.29, 0.717) is 10.9 Å². The molecule has 2 N–H and O–H groups in total. The van der Waals surface area contributed by atoms with Crippen LogP contribution in [0, 0.1) is 0 Å². The standard InChI is InChI=1S/C10H10F2N2O/c11-10(12,4-5-15)8-3-1-2-7-6-13-14-9(7)8/h1-3,6,15H,4-5H2,(H,13,14). The van der Waals surface area contributed by atoms with Crippen LogP contribution in [-0.4, -0.2) is 21.9 Å². The minimum Gasteiger partial charge on any atom is -0.396 e. The Bertz CT molecular complexity index is 467. The van der Waals surface area contributed by atoms with Crippen LogP contribution in [0.4, 0.5) is 8.78 Å². The molecule has 1 aromatic heterocycles. The van der Waals surface area contributed by atoms with Gasteiger partial charge in [0.1, 0.15) is 0 Å². The van der Waals surface area contributed by atoms with Crippen molar-refractivity contribution in [3.63, 3.8) is 0 Å². The van der Waals surface area contributed by atoms with Gasteiger partial charge in [-0.05, 0) is 0 Å². The molecule has 0 radical (unpaired) electrons. The normalized spacial score (nSPS) is 12.2. The summed E-state index contributed by atoms with van der Waals surface area (Å²) in [7, 11) is 0. The number of fused-ring (bicyclic) bond motifs is 1. The number of alkyl halides is 2. The van der Waals surface area contributed by atoms with E-state index in [4.69, 9.17) is 5.11 Å². The van der Waals surface area contributed by atoms with Gasteiger partial charge in [-0.15, -0.1) is 0 Å². The summed E-state index contributed by atoms with van der Waals surface area (Å²) in [5.41, 5.74) is 0.211. The summed E-state index contributed by atoms with van der Waals surface area (Å²) >= 11 is 0. The lowest BCUT2D eigenvalue weighted by Crippen LogP contribution is -2.15. The fraction of sp³-hybridized carbons (Fsp3) is 0.300. The quantitative estimate of drug-likeness (QED) is 0.817. The van der Waals surface area contributed by atoms with Crippen LogP contribution in [0.3, 0.4) is 0 Å². The first kappa shape index (κ1) is 10.0. The van der Waals surface area contributed by atoms with E-state index >= 15 is 0 Å². The number of nitrogens with zero attached hydrogens (tertiary/aromatic N) is 1. The Morgan fingerprint density at radius 2 is 2.20 bits per heavy atom. The molecule has 80 valence electrons. The van der Waals surface area contributed by atoms with Gasteiger partial charge in [-0.3, -0.25) is 5.10 Å². The zero-order chi connectivity index (χ0) is 10.9. The highest BCUT2D eigenvalue weighted by atomic mass is 19.3. The Kier molecular flexibility index (Phi) is 2.40. The van der Waals surface area contributed by atoms with E-state index in [1.807, 2.05) is 0 Å². The zero-order valence-electron chi connectivity index (χ0n) is 7.87. The molecule has 0 atom stereocenters. The smallest absolute Gasteiger partial charge is 0.277 e. The fourth-order valence-corrected chi connectivity index (χ4v) is 1.55. The summed E-state index contributed by atoms with van der Waals surface area (Å²) in [5.74, 6) is -3.03. The molecule has 0 aliphatic rings. The molecule has 0 bridgehead atoms. The molecule has 0 unspecified atom stereocenters. The number of aromatic nitrogens is 2. The van der Waals surface area contributed by atoms with Gasteiger partial charge in [-0.25, -0.2) is 8.78 Å². The number of H-pyrrole nitrogens is 1. The van der Waals surface area contributed by atoms with Crippen molar-refractivity contribution in [2.75, 3.05) is 6.61 Å². The Labute approximate surface area is 84.7 Å². The van der Waals surface area contributed by atoms with E-state index in [1.54, 1.807) is 12.1 Å². The summed E-state index contributed by atoms with van der Waals surface area (Å²) < 4.78 is 27.1. The maximum atomic E-state index is 13.6. The van der Waals surface area contributed by atoms with E-state index in [-0.39, 0.29) is 5.56 Å². The molecule has 0 spiro atoms. The average Bonchev–Trinajstić information content (AvgIpc) is 2.64. The van der Waals surface area contributed by atoms with Gasteiger partial charge in [0.2, 0.25) is 0 Å². The van der Waals surface area contributed by atoms with Crippen LogP contribution >= 0.6 is 0 Å². The zero-order valence-corrected chi connectivity index (χ0v) is 7.87. The molecular formula is C10H10F2N2O. The monoisotopic (exact) mass is 212 g/mol. The molecule has 3 nitrogen and oxygen atoms in total. The van der Waals surface area contributed by atoms with Crippen LogP contribution < -0.4 is 0 Å². The molecular weight excluding hydrogens is 202 g/mol. The molecule has 0 saturated carbocycles. The fourth-order valence-electron chi connectivity index (χ4n) is 1.55. The van der Waals surface area contributed by atoms with Crippen molar-refractivity contribution < 1.29 is 13.9 Å². The minimum atomic E-state index is -3.03. The second-order valence-corrected chi connectivity index (χ2v) is 3.32. The summed E-state index contributed by atoms with van der Waals surface area (Å²) in [4.78, 5) is 0. The van der Waals surface area contributed by atoms with Gasteiger partial charge in [-0.1, -0.05) is 18.2 Å². The molecule has 1 heterocycles. The van der Waals surface area contributed by atoms with Crippen molar-refractivity contribution in [1.82, 2.24) is 10.2 Å². The van der Waals surface area contributed by atoms with Crippen molar-refractivity contribution in [2.24, 2.45) is 0 Å². The minimum absolute atomic E-state index is 0.119. The second-order valence-electron chi connectivity index (χ2n) is 3.32. The molecule has 1 aromatic carbocycles. The number of halogens is 2. The van der Waals surface area contributed by atoms with Crippen molar-refractivity contribution in [3.8, 4) is 0 Å². The van der Waals surface area contributed by atoms with Crippen LogP contribution in [0.2, 0.25) is 0 Å². The molecule has 0 amide bonds. The third kappa shape index (κ3) is 1.70. The number of hydrogen-bond donors (Lipinski definition) is 2. The number of aromatic amines is 1. The van der Waals surface area contributed by atoms with E-state index in [2.05, 4.69) is 10.2 Å². The van der Waals surface area contributed by atoms with Crippen LogP contribution in [0.15, 0.2) is 24.4 Å². The SMILES string of the molecule is OCCC(F)(F)c1cccc2cn[nH]c12. The number of benzene rings is 1. The maximum Gasteiger partial charge on any atom is 0.277 e. The van der Waals surface area contributed by atoms with E-state index in [1.165, 1.54) is 12.3 Å². The third-order valence-electron chi connectivity index (χ3n) is 2.30. The van der Waals surface area contributed by atoms with E-state index in [0.717, 1.165) is 0 Å². The average molecular weight is 212 g/mol. The van der Waals surface area contributed by atoms with Gasteiger partial charge < -0.3 is 5.11 Å². The number of nitrogens with one attached hydrogen (secondary N) is 1. The molecule has 0 aliphatic heterocycles. The van der Waals surface area contributed by atoms with Gasteiger partial charge in [-0.2, -0.15) is 5.10 Å². The summed E-state index contributed by atoms with van der Waals surface area (Å²) in [6.07, 6.45) is 0.916. The predicted molar refractivity (Wildman–Crippen MR) is 51.7 cm³/mol. The summed E-state index contributed by atoms with van der Waals surface area (Å²) in [6.45, 7) is -0.544. The van der Waals surface area contributed by atoms with Crippen molar-refractivity contribution in [2.45, 2.75) is 12.3 Å². The number of hydrogen-bond acceptors (Lipinski definition) is 2. The predicted octanol–water partition coefficient (Wildman–Crippen LogP) is 2.04. The lowest BCUT2D eigenvalue weighted by atomic mass is 10.0. The molecule has 0 fully saturated rings. The second kappa shape index (κ2) is 3.58. The van der Waals surface area contributed by atoms with Gasteiger partial charge >= 0.3 is 0 Å². The van der Waals surface area contributed by atoms with Crippen LogP contribution in [0.25, 0.3) is 10.9 Å². The Morgan fingerprint density at radius 3 is 2.93 bits per heavy atom. The van der Waals surface area contributed by atoms with Crippen LogP contribution in [0.5, 0.6) is 0 Å². The topological polar surface area (TPSA) is 48.9 Å². The highest BCUT2D eigenvalue weighted by Gasteiger charge is 2.32. The Morgan fingerprint density at radius 1 is 1.40 bits per heavy atom. The number of aliphatic hydroxyl groups is 1. The molecule has 2 rings (SSSR count). The number of rotatable bonds is 3. The first-order valence-corrected chi connectivity index (χ1v) is 4.56. The highest BCUT2D eigenvalue weighted by Crippen LogP contribution is 2.34. The number of aliphatic hydroxyl groups excluding tert-OH is 1. The Balaban J connectivity index is 2.55. The first-order chi connectivity index (χ1) is 7.15. The van der Waals surface area contributed by atoms with Crippen molar-refractivity contribution in [3.05, 3.63) is 30.0 Å². The molecule has 15 heavy (non-hydrogen) atoms. The summed E-state index contributed by atoms with van der Waals surface area (Å²) in [6, 6.07) is 4.60. The van der Waals surface area contributed by atoms with Crippen molar-refractivity contribution in [1.29, 1.82) is 0 Å².